The molecule has 1 atom stereocenters. The number of hydrogen-bond donors (Lipinski definition) is 2. The SMILES string of the molecule is CC(C)COCCNCC(O)c1cccc(F)c1. The van der Waals surface area contributed by atoms with E-state index in [0.717, 1.165) is 6.61 Å². The maximum atomic E-state index is 12.9. The van der Waals surface area contributed by atoms with Crippen LogP contribution in [0, 0.1) is 11.7 Å². The quantitative estimate of drug-likeness (QED) is 0.699. The minimum absolute atomic E-state index is 0.327. The minimum Gasteiger partial charge on any atom is -0.387 e. The molecule has 1 rings (SSSR count). The molecule has 3 nitrogen and oxygen atoms in total. The van der Waals surface area contributed by atoms with Crippen LogP contribution in [0.3, 0.4) is 0 Å². The molecule has 0 saturated carbocycles. The van der Waals surface area contributed by atoms with Crippen molar-refractivity contribution in [3.63, 3.8) is 0 Å². The van der Waals surface area contributed by atoms with Gasteiger partial charge in [-0.3, -0.25) is 0 Å². The largest absolute Gasteiger partial charge is 0.387 e. The number of rotatable bonds is 8. The molecule has 1 aromatic carbocycles. The van der Waals surface area contributed by atoms with Crippen molar-refractivity contribution in [1.82, 2.24) is 5.32 Å². The molecule has 0 saturated heterocycles. The van der Waals surface area contributed by atoms with Crippen LogP contribution in [-0.2, 0) is 4.74 Å². The van der Waals surface area contributed by atoms with Crippen molar-refractivity contribution in [3.8, 4) is 0 Å². The highest BCUT2D eigenvalue weighted by Crippen LogP contribution is 2.12. The summed E-state index contributed by atoms with van der Waals surface area (Å²) in [7, 11) is 0. The summed E-state index contributed by atoms with van der Waals surface area (Å²) in [5, 5.41) is 12.9. The van der Waals surface area contributed by atoms with Crippen LogP contribution in [0.5, 0.6) is 0 Å². The van der Waals surface area contributed by atoms with Gasteiger partial charge >= 0.3 is 0 Å². The Morgan fingerprint density at radius 2 is 2.17 bits per heavy atom. The van der Waals surface area contributed by atoms with Gasteiger partial charge in [-0.05, 0) is 23.6 Å². The van der Waals surface area contributed by atoms with Gasteiger partial charge in [0.15, 0.2) is 0 Å². The lowest BCUT2D eigenvalue weighted by Gasteiger charge is -2.13. The molecule has 0 fully saturated rings. The Morgan fingerprint density at radius 3 is 2.83 bits per heavy atom. The van der Waals surface area contributed by atoms with Crippen LogP contribution in [-0.4, -0.2) is 31.4 Å². The fourth-order valence-corrected chi connectivity index (χ4v) is 1.53. The summed E-state index contributed by atoms with van der Waals surface area (Å²) in [6, 6.07) is 6.02. The summed E-state index contributed by atoms with van der Waals surface area (Å²) >= 11 is 0. The Bertz CT molecular complexity index is 344. The number of halogens is 1. The predicted molar refractivity (Wildman–Crippen MR) is 69.9 cm³/mol. The number of hydrogen-bond acceptors (Lipinski definition) is 3. The summed E-state index contributed by atoms with van der Waals surface area (Å²) in [5.74, 6) is 0.203. The molecule has 0 aromatic heterocycles. The van der Waals surface area contributed by atoms with E-state index in [1.807, 2.05) is 0 Å². The molecule has 2 N–H and O–H groups in total. The summed E-state index contributed by atoms with van der Waals surface area (Å²) in [6.07, 6.45) is -0.689. The third kappa shape index (κ3) is 6.10. The van der Waals surface area contributed by atoms with Crippen molar-refractivity contribution in [2.45, 2.75) is 20.0 Å². The average Bonchev–Trinajstić information content (AvgIpc) is 2.33. The van der Waals surface area contributed by atoms with E-state index in [9.17, 15) is 9.50 Å². The van der Waals surface area contributed by atoms with Crippen LogP contribution >= 0.6 is 0 Å². The molecule has 0 bridgehead atoms. The minimum atomic E-state index is -0.689. The van der Waals surface area contributed by atoms with Crippen molar-refractivity contribution >= 4 is 0 Å². The summed E-state index contributed by atoms with van der Waals surface area (Å²) < 4.78 is 18.3. The second-order valence-electron chi connectivity index (χ2n) is 4.74. The first kappa shape index (κ1) is 15.1. The van der Waals surface area contributed by atoms with Gasteiger partial charge in [0.25, 0.3) is 0 Å². The number of aliphatic hydroxyl groups is 1. The van der Waals surface area contributed by atoms with E-state index in [2.05, 4.69) is 19.2 Å². The smallest absolute Gasteiger partial charge is 0.123 e. The zero-order valence-electron chi connectivity index (χ0n) is 11.0. The summed E-state index contributed by atoms with van der Waals surface area (Å²) in [4.78, 5) is 0. The molecule has 0 heterocycles. The molecule has 0 amide bonds. The first-order chi connectivity index (χ1) is 8.59. The van der Waals surface area contributed by atoms with E-state index in [0.29, 0.717) is 31.2 Å². The number of benzene rings is 1. The molecule has 0 radical (unpaired) electrons. The lowest BCUT2D eigenvalue weighted by Crippen LogP contribution is -2.25. The zero-order valence-corrected chi connectivity index (χ0v) is 11.0. The molecule has 1 unspecified atom stereocenters. The van der Waals surface area contributed by atoms with Crippen LogP contribution in [0.4, 0.5) is 4.39 Å². The van der Waals surface area contributed by atoms with E-state index < -0.39 is 6.10 Å². The van der Waals surface area contributed by atoms with E-state index in [1.54, 1.807) is 12.1 Å². The maximum absolute atomic E-state index is 12.9. The highest BCUT2D eigenvalue weighted by Gasteiger charge is 2.07. The lowest BCUT2D eigenvalue weighted by molar-refractivity contribution is 0.107. The van der Waals surface area contributed by atoms with E-state index in [1.165, 1.54) is 12.1 Å². The molecular weight excluding hydrogens is 233 g/mol. The van der Waals surface area contributed by atoms with Crippen molar-refractivity contribution in [1.29, 1.82) is 0 Å². The molecule has 0 aliphatic carbocycles. The van der Waals surface area contributed by atoms with Gasteiger partial charge in [0.05, 0.1) is 12.7 Å². The van der Waals surface area contributed by atoms with Crippen LogP contribution in [0.2, 0.25) is 0 Å². The Kier molecular flexibility index (Phi) is 6.86. The van der Waals surface area contributed by atoms with E-state index in [4.69, 9.17) is 4.74 Å². The molecule has 1 aromatic rings. The van der Waals surface area contributed by atoms with Crippen molar-refractivity contribution in [3.05, 3.63) is 35.6 Å². The summed E-state index contributed by atoms with van der Waals surface area (Å²) in [5.41, 5.74) is 0.589. The Morgan fingerprint density at radius 1 is 1.39 bits per heavy atom. The first-order valence-corrected chi connectivity index (χ1v) is 6.31. The molecule has 102 valence electrons. The standard InChI is InChI=1S/C14H22FNO2/c1-11(2)10-18-7-6-16-9-14(17)12-4-3-5-13(15)8-12/h3-5,8,11,14,16-17H,6-7,9-10H2,1-2H3. The molecule has 0 aliphatic heterocycles. The van der Waals surface area contributed by atoms with Crippen LogP contribution in [0.15, 0.2) is 24.3 Å². The maximum Gasteiger partial charge on any atom is 0.123 e. The first-order valence-electron chi connectivity index (χ1n) is 6.31. The van der Waals surface area contributed by atoms with Crippen molar-refractivity contribution in [2.75, 3.05) is 26.3 Å². The third-order valence-electron chi connectivity index (χ3n) is 2.45. The van der Waals surface area contributed by atoms with Gasteiger partial charge in [-0.1, -0.05) is 26.0 Å². The van der Waals surface area contributed by atoms with Gasteiger partial charge in [0.2, 0.25) is 0 Å². The number of nitrogens with one attached hydrogen (secondary N) is 1. The lowest BCUT2D eigenvalue weighted by atomic mass is 10.1. The van der Waals surface area contributed by atoms with Crippen molar-refractivity contribution < 1.29 is 14.2 Å². The fraction of sp³-hybridized carbons (Fsp3) is 0.571. The van der Waals surface area contributed by atoms with Gasteiger partial charge < -0.3 is 15.2 Å². The van der Waals surface area contributed by atoms with Crippen LogP contribution < -0.4 is 5.32 Å². The third-order valence-corrected chi connectivity index (χ3v) is 2.45. The Labute approximate surface area is 108 Å². The highest BCUT2D eigenvalue weighted by molar-refractivity contribution is 5.18. The molecular formula is C14H22FNO2. The average molecular weight is 255 g/mol. The summed E-state index contributed by atoms with van der Waals surface area (Å²) in [6.45, 7) is 6.64. The second-order valence-corrected chi connectivity index (χ2v) is 4.74. The van der Waals surface area contributed by atoms with Gasteiger partial charge in [0, 0.05) is 19.7 Å². The van der Waals surface area contributed by atoms with Gasteiger partial charge in [-0.2, -0.15) is 0 Å². The number of ether oxygens (including phenoxy) is 1. The molecule has 4 heteroatoms. The van der Waals surface area contributed by atoms with E-state index in [-0.39, 0.29) is 5.82 Å². The predicted octanol–water partition coefficient (Wildman–Crippen LogP) is 2.12. The van der Waals surface area contributed by atoms with Gasteiger partial charge in [-0.15, -0.1) is 0 Å². The van der Waals surface area contributed by atoms with Crippen LogP contribution in [0.1, 0.15) is 25.5 Å². The molecule has 0 aliphatic rings. The van der Waals surface area contributed by atoms with Crippen LogP contribution in [0.25, 0.3) is 0 Å². The van der Waals surface area contributed by atoms with Gasteiger partial charge in [0.1, 0.15) is 5.82 Å². The Hall–Kier alpha value is -0.970. The van der Waals surface area contributed by atoms with E-state index >= 15 is 0 Å². The second kappa shape index (κ2) is 8.19. The molecule has 18 heavy (non-hydrogen) atoms. The highest BCUT2D eigenvalue weighted by atomic mass is 19.1. The fourth-order valence-electron chi connectivity index (χ4n) is 1.53. The number of aliphatic hydroxyl groups excluding tert-OH is 1. The Balaban J connectivity index is 2.15. The van der Waals surface area contributed by atoms with Crippen molar-refractivity contribution in [2.24, 2.45) is 5.92 Å². The monoisotopic (exact) mass is 255 g/mol. The normalized spacial score (nSPS) is 12.9. The zero-order chi connectivity index (χ0) is 13.4. The molecule has 0 spiro atoms. The topological polar surface area (TPSA) is 41.5 Å². The van der Waals surface area contributed by atoms with Gasteiger partial charge in [-0.25, -0.2) is 4.39 Å².